The Morgan fingerprint density at radius 3 is 2.48 bits per heavy atom. The zero-order valence-electron chi connectivity index (χ0n) is 11.7. The second-order valence-electron chi connectivity index (χ2n) is 5.27. The molecule has 1 spiro atoms. The largest absolute Gasteiger partial charge is 0.476 e. The maximum Gasteiger partial charge on any atom is 0.357 e. The van der Waals surface area contributed by atoms with Crippen LogP contribution in [0.25, 0.3) is 0 Å². The minimum absolute atomic E-state index is 0.120. The summed E-state index contributed by atoms with van der Waals surface area (Å²) < 4.78 is 12.6. The van der Waals surface area contributed by atoms with Crippen LogP contribution in [-0.4, -0.2) is 63.8 Å². The van der Waals surface area contributed by atoms with E-state index in [2.05, 4.69) is 5.10 Å². The number of hydrogen-bond acceptors (Lipinski definition) is 5. The van der Waals surface area contributed by atoms with Crippen molar-refractivity contribution in [2.24, 2.45) is 7.05 Å². The monoisotopic (exact) mass is 295 g/mol. The number of likely N-dealkylation sites (tertiary alicyclic amines) is 1. The Labute approximate surface area is 121 Å². The number of nitrogens with zero attached hydrogens (tertiary/aromatic N) is 3. The van der Waals surface area contributed by atoms with E-state index in [1.807, 2.05) is 0 Å². The zero-order chi connectivity index (χ0) is 15.0. The van der Waals surface area contributed by atoms with Gasteiger partial charge < -0.3 is 19.5 Å². The molecule has 8 nitrogen and oxygen atoms in total. The number of amides is 1. The van der Waals surface area contributed by atoms with Crippen LogP contribution in [0.5, 0.6) is 0 Å². The normalized spacial score (nSPS) is 20.9. The topological polar surface area (TPSA) is 93.9 Å². The molecule has 2 aliphatic heterocycles. The van der Waals surface area contributed by atoms with Gasteiger partial charge in [-0.3, -0.25) is 9.48 Å². The first-order valence-electron chi connectivity index (χ1n) is 6.85. The van der Waals surface area contributed by atoms with E-state index in [0.717, 1.165) is 0 Å². The molecule has 1 aromatic heterocycles. The minimum atomic E-state index is -1.20. The van der Waals surface area contributed by atoms with Crippen LogP contribution in [0, 0.1) is 0 Å². The molecule has 0 aliphatic carbocycles. The fraction of sp³-hybridized carbons (Fsp3) is 0.615. The van der Waals surface area contributed by atoms with Crippen LogP contribution in [0.3, 0.4) is 0 Å². The van der Waals surface area contributed by atoms with Gasteiger partial charge in [-0.05, 0) is 0 Å². The average molecular weight is 295 g/mol. The molecule has 1 aromatic rings. The third-order valence-electron chi connectivity index (χ3n) is 3.89. The van der Waals surface area contributed by atoms with Crippen LogP contribution in [0.15, 0.2) is 6.20 Å². The molecule has 1 amide bonds. The molecule has 21 heavy (non-hydrogen) atoms. The van der Waals surface area contributed by atoms with Crippen molar-refractivity contribution < 1.29 is 24.2 Å². The van der Waals surface area contributed by atoms with Crippen molar-refractivity contribution in [2.75, 3.05) is 26.3 Å². The van der Waals surface area contributed by atoms with Crippen molar-refractivity contribution in [3.05, 3.63) is 17.5 Å². The lowest BCUT2D eigenvalue weighted by Gasteiger charge is -2.37. The molecule has 3 heterocycles. The molecule has 0 saturated carbocycles. The smallest absolute Gasteiger partial charge is 0.357 e. The number of hydrogen-bond donors (Lipinski definition) is 1. The molecule has 0 unspecified atom stereocenters. The summed E-state index contributed by atoms with van der Waals surface area (Å²) >= 11 is 0. The molecule has 0 atom stereocenters. The molecule has 8 heteroatoms. The van der Waals surface area contributed by atoms with Crippen molar-refractivity contribution in [3.63, 3.8) is 0 Å². The standard InChI is InChI=1S/C13H17N3O5/c1-15-8-9(10(14-15)12(18)19)11(17)16-4-2-13(3-5-16)20-6-7-21-13/h8H,2-7H2,1H3,(H,18,19). The molecular formula is C13H17N3O5. The Morgan fingerprint density at radius 2 is 1.90 bits per heavy atom. The Kier molecular flexibility index (Phi) is 3.42. The molecule has 2 saturated heterocycles. The summed E-state index contributed by atoms with van der Waals surface area (Å²) in [6.07, 6.45) is 2.64. The zero-order valence-corrected chi connectivity index (χ0v) is 11.7. The number of aromatic nitrogens is 2. The number of rotatable bonds is 2. The third-order valence-corrected chi connectivity index (χ3v) is 3.89. The van der Waals surface area contributed by atoms with Gasteiger partial charge in [0.1, 0.15) is 0 Å². The summed E-state index contributed by atoms with van der Waals surface area (Å²) in [7, 11) is 1.59. The van der Waals surface area contributed by atoms with Crippen LogP contribution in [-0.2, 0) is 16.5 Å². The van der Waals surface area contributed by atoms with Gasteiger partial charge in [-0.15, -0.1) is 0 Å². The van der Waals surface area contributed by atoms with E-state index in [1.54, 1.807) is 11.9 Å². The van der Waals surface area contributed by atoms with E-state index in [0.29, 0.717) is 39.1 Å². The average Bonchev–Trinajstić information content (AvgIpc) is 3.06. The van der Waals surface area contributed by atoms with Crippen molar-refractivity contribution in [3.8, 4) is 0 Å². The Balaban J connectivity index is 1.73. The predicted molar refractivity (Wildman–Crippen MR) is 69.9 cm³/mol. The van der Waals surface area contributed by atoms with Crippen molar-refractivity contribution in [1.82, 2.24) is 14.7 Å². The highest BCUT2D eigenvalue weighted by atomic mass is 16.7. The highest BCUT2D eigenvalue weighted by Crippen LogP contribution is 2.31. The van der Waals surface area contributed by atoms with E-state index < -0.39 is 11.8 Å². The predicted octanol–water partition coefficient (Wildman–Crippen LogP) is 0.0974. The van der Waals surface area contributed by atoms with Crippen molar-refractivity contribution >= 4 is 11.9 Å². The first-order valence-corrected chi connectivity index (χ1v) is 6.85. The maximum absolute atomic E-state index is 12.5. The molecule has 1 N–H and O–H groups in total. The Morgan fingerprint density at radius 1 is 1.29 bits per heavy atom. The highest BCUT2D eigenvalue weighted by molar-refractivity contribution is 6.03. The second-order valence-corrected chi connectivity index (χ2v) is 5.27. The number of carbonyl (C=O) groups excluding carboxylic acids is 1. The van der Waals surface area contributed by atoms with Crippen LogP contribution in [0.2, 0.25) is 0 Å². The molecule has 3 rings (SSSR count). The summed E-state index contributed by atoms with van der Waals surface area (Å²) in [6.45, 7) is 2.12. The molecule has 0 radical (unpaired) electrons. The molecule has 0 aromatic carbocycles. The van der Waals surface area contributed by atoms with Gasteiger partial charge >= 0.3 is 5.97 Å². The van der Waals surface area contributed by atoms with Crippen molar-refractivity contribution in [2.45, 2.75) is 18.6 Å². The van der Waals surface area contributed by atoms with E-state index in [-0.39, 0.29) is 17.2 Å². The summed E-state index contributed by atoms with van der Waals surface area (Å²) in [5, 5.41) is 12.9. The van der Waals surface area contributed by atoms with E-state index in [9.17, 15) is 9.59 Å². The van der Waals surface area contributed by atoms with Gasteiger partial charge in [-0.2, -0.15) is 5.10 Å². The van der Waals surface area contributed by atoms with Crippen LogP contribution < -0.4 is 0 Å². The van der Waals surface area contributed by atoms with Crippen LogP contribution in [0.1, 0.15) is 33.7 Å². The fourth-order valence-electron chi connectivity index (χ4n) is 2.81. The third kappa shape index (κ3) is 2.52. The highest BCUT2D eigenvalue weighted by Gasteiger charge is 2.41. The maximum atomic E-state index is 12.5. The van der Waals surface area contributed by atoms with E-state index >= 15 is 0 Å². The number of carbonyl (C=O) groups is 2. The van der Waals surface area contributed by atoms with E-state index in [1.165, 1.54) is 10.9 Å². The number of piperidine rings is 1. The number of ether oxygens (including phenoxy) is 2. The molecule has 2 aliphatic rings. The Bertz CT molecular complexity index is 566. The van der Waals surface area contributed by atoms with Crippen LogP contribution >= 0.6 is 0 Å². The number of carboxylic acid groups (broad SMARTS) is 1. The van der Waals surface area contributed by atoms with Gasteiger partial charge in [0, 0.05) is 39.2 Å². The van der Waals surface area contributed by atoms with Gasteiger partial charge in [0.2, 0.25) is 0 Å². The first-order chi connectivity index (χ1) is 10.0. The molecule has 0 bridgehead atoms. The summed E-state index contributed by atoms with van der Waals surface area (Å²) in [6, 6.07) is 0. The van der Waals surface area contributed by atoms with Gasteiger partial charge in [0.05, 0.1) is 18.8 Å². The first kappa shape index (κ1) is 14.0. The number of aryl methyl sites for hydroxylation is 1. The summed E-state index contributed by atoms with van der Waals surface area (Å²) in [5.41, 5.74) is -0.0923. The lowest BCUT2D eigenvalue weighted by molar-refractivity contribution is -0.181. The fourth-order valence-corrected chi connectivity index (χ4v) is 2.81. The minimum Gasteiger partial charge on any atom is -0.476 e. The summed E-state index contributed by atoms with van der Waals surface area (Å²) in [4.78, 5) is 25.2. The Hall–Kier alpha value is -1.93. The SMILES string of the molecule is Cn1cc(C(=O)N2CCC3(CC2)OCCO3)c(C(=O)O)n1. The van der Waals surface area contributed by atoms with Gasteiger partial charge in [-0.25, -0.2) is 4.79 Å². The van der Waals surface area contributed by atoms with E-state index in [4.69, 9.17) is 14.6 Å². The molecular weight excluding hydrogens is 278 g/mol. The number of carboxylic acids is 1. The summed E-state index contributed by atoms with van der Waals surface area (Å²) in [5.74, 6) is -2.07. The van der Waals surface area contributed by atoms with Gasteiger partial charge in [-0.1, -0.05) is 0 Å². The molecule has 114 valence electrons. The number of aromatic carboxylic acids is 1. The second kappa shape index (κ2) is 5.12. The quantitative estimate of drug-likeness (QED) is 0.831. The van der Waals surface area contributed by atoms with Crippen molar-refractivity contribution in [1.29, 1.82) is 0 Å². The van der Waals surface area contributed by atoms with Crippen LogP contribution in [0.4, 0.5) is 0 Å². The molecule has 2 fully saturated rings. The lowest BCUT2D eigenvalue weighted by atomic mass is 10.0. The lowest BCUT2D eigenvalue weighted by Crippen LogP contribution is -2.47. The van der Waals surface area contributed by atoms with Gasteiger partial charge in [0.25, 0.3) is 5.91 Å². The van der Waals surface area contributed by atoms with Gasteiger partial charge in [0.15, 0.2) is 11.5 Å².